The largest absolute Gasteiger partial charge is 0.493 e. The second kappa shape index (κ2) is 9.98. The highest BCUT2D eigenvalue weighted by Crippen LogP contribution is 2.33. The summed E-state index contributed by atoms with van der Waals surface area (Å²) in [7, 11) is 3.70. The van der Waals surface area contributed by atoms with Gasteiger partial charge in [0, 0.05) is 44.6 Å². The molecule has 0 spiro atoms. The number of methoxy groups -OCH3 is 1. The molecule has 1 aromatic heterocycles. The number of nitrogens with zero attached hydrogens (tertiary/aromatic N) is 3. The molecule has 0 N–H and O–H groups in total. The van der Waals surface area contributed by atoms with Crippen molar-refractivity contribution >= 4 is 22.6 Å². The number of carbonyl (C=O) groups is 1. The van der Waals surface area contributed by atoms with Crippen LogP contribution in [-0.2, 0) is 13.6 Å². The summed E-state index contributed by atoms with van der Waals surface area (Å²) < 4.78 is 13.6. The van der Waals surface area contributed by atoms with E-state index in [1.54, 1.807) is 7.11 Å². The zero-order chi connectivity index (χ0) is 22.5. The standard InChI is InChI=1S/C26H33N3O3/c1-4-5-6-17-32-24-18-22(11-12-23(24)31-3)29-15-8-14-28(26(29)30)19-21-10-7-9-20-13-16-27(2)25(20)21/h7,9-13,16,18H,4-6,8,14-15,17,19H2,1-3H3. The molecule has 6 heteroatoms. The summed E-state index contributed by atoms with van der Waals surface area (Å²) in [5.74, 6) is 1.39. The second-order valence-electron chi connectivity index (χ2n) is 8.38. The average molecular weight is 436 g/mol. The zero-order valence-corrected chi connectivity index (χ0v) is 19.3. The fourth-order valence-electron chi connectivity index (χ4n) is 4.42. The third-order valence-corrected chi connectivity index (χ3v) is 6.12. The molecule has 32 heavy (non-hydrogen) atoms. The minimum absolute atomic E-state index is 0.0320. The molecule has 0 unspecified atom stereocenters. The molecule has 0 saturated carbocycles. The first-order valence-electron chi connectivity index (χ1n) is 11.5. The molecule has 1 aliphatic heterocycles. The van der Waals surface area contributed by atoms with Gasteiger partial charge in [-0.25, -0.2) is 4.79 Å². The Balaban J connectivity index is 1.53. The Labute approximate surface area is 190 Å². The average Bonchev–Trinajstić information content (AvgIpc) is 3.20. The van der Waals surface area contributed by atoms with Crippen molar-refractivity contribution in [2.24, 2.45) is 7.05 Å². The van der Waals surface area contributed by atoms with Gasteiger partial charge in [0.1, 0.15) is 0 Å². The summed E-state index contributed by atoms with van der Waals surface area (Å²) in [6.07, 6.45) is 6.28. The lowest BCUT2D eigenvalue weighted by atomic mass is 10.1. The number of para-hydroxylation sites is 1. The van der Waals surface area contributed by atoms with Crippen molar-refractivity contribution in [1.29, 1.82) is 0 Å². The summed E-state index contributed by atoms with van der Waals surface area (Å²) in [4.78, 5) is 17.2. The molecule has 4 rings (SSSR count). The minimum Gasteiger partial charge on any atom is -0.493 e. The highest BCUT2D eigenvalue weighted by atomic mass is 16.5. The Morgan fingerprint density at radius 3 is 2.72 bits per heavy atom. The Morgan fingerprint density at radius 2 is 1.91 bits per heavy atom. The van der Waals surface area contributed by atoms with Crippen LogP contribution in [0.25, 0.3) is 10.9 Å². The Morgan fingerprint density at radius 1 is 1.03 bits per heavy atom. The molecule has 0 atom stereocenters. The van der Waals surface area contributed by atoms with Gasteiger partial charge in [-0.2, -0.15) is 0 Å². The van der Waals surface area contributed by atoms with Crippen LogP contribution in [-0.4, -0.2) is 42.3 Å². The number of aromatic nitrogens is 1. The van der Waals surface area contributed by atoms with Crippen LogP contribution in [0.2, 0.25) is 0 Å². The quantitative estimate of drug-likeness (QED) is 0.412. The fraction of sp³-hybridized carbons (Fsp3) is 0.423. The van der Waals surface area contributed by atoms with Gasteiger partial charge in [-0.1, -0.05) is 38.0 Å². The van der Waals surface area contributed by atoms with Gasteiger partial charge >= 0.3 is 6.03 Å². The molecule has 2 amide bonds. The van der Waals surface area contributed by atoms with E-state index in [9.17, 15) is 4.79 Å². The number of fused-ring (bicyclic) bond motifs is 1. The molecular weight excluding hydrogens is 402 g/mol. The first-order valence-corrected chi connectivity index (χ1v) is 11.5. The first kappa shape index (κ1) is 22.1. The van der Waals surface area contributed by atoms with E-state index in [0.717, 1.165) is 37.9 Å². The van der Waals surface area contributed by atoms with Crippen molar-refractivity contribution in [3.8, 4) is 11.5 Å². The van der Waals surface area contributed by atoms with Gasteiger partial charge in [0.05, 0.1) is 19.2 Å². The smallest absolute Gasteiger partial charge is 0.324 e. The van der Waals surface area contributed by atoms with Crippen LogP contribution in [0, 0.1) is 0 Å². The lowest BCUT2D eigenvalue weighted by molar-refractivity contribution is 0.192. The van der Waals surface area contributed by atoms with Crippen LogP contribution in [0.1, 0.15) is 38.2 Å². The van der Waals surface area contributed by atoms with Crippen LogP contribution in [0.5, 0.6) is 11.5 Å². The SMILES string of the molecule is CCCCCOc1cc(N2CCCN(Cc3cccc4ccn(C)c34)C2=O)ccc1OC. The minimum atomic E-state index is 0.0320. The van der Waals surface area contributed by atoms with Gasteiger partial charge in [0.2, 0.25) is 0 Å². The molecule has 170 valence electrons. The number of ether oxygens (including phenoxy) is 2. The molecule has 6 nitrogen and oxygen atoms in total. The number of benzene rings is 2. The summed E-state index contributed by atoms with van der Waals surface area (Å²) in [6.45, 7) is 4.88. The molecule has 0 aliphatic carbocycles. The van der Waals surface area contributed by atoms with E-state index in [-0.39, 0.29) is 6.03 Å². The van der Waals surface area contributed by atoms with Crippen molar-refractivity contribution in [1.82, 2.24) is 9.47 Å². The van der Waals surface area contributed by atoms with Gasteiger partial charge in [0.25, 0.3) is 0 Å². The molecule has 1 saturated heterocycles. The van der Waals surface area contributed by atoms with Gasteiger partial charge in [0.15, 0.2) is 11.5 Å². The molecule has 2 aromatic carbocycles. The van der Waals surface area contributed by atoms with E-state index in [1.165, 1.54) is 16.5 Å². The van der Waals surface area contributed by atoms with E-state index in [2.05, 4.69) is 49.0 Å². The summed E-state index contributed by atoms with van der Waals surface area (Å²) in [5, 5.41) is 1.20. The van der Waals surface area contributed by atoms with Crippen LogP contribution in [0.3, 0.4) is 0 Å². The number of urea groups is 1. The summed E-state index contributed by atoms with van der Waals surface area (Å²) in [6, 6.07) is 14.2. The highest BCUT2D eigenvalue weighted by Gasteiger charge is 2.28. The number of amides is 2. The molecular formula is C26H33N3O3. The Kier molecular flexibility index (Phi) is 6.88. The first-order chi connectivity index (χ1) is 15.6. The van der Waals surface area contributed by atoms with Crippen molar-refractivity contribution in [3.05, 3.63) is 54.2 Å². The predicted octanol–water partition coefficient (Wildman–Crippen LogP) is 5.59. The van der Waals surface area contributed by atoms with E-state index >= 15 is 0 Å². The maximum atomic E-state index is 13.4. The number of rotatable bonds is 9. The van der Waals surface area contributed by atoms with Crippen LogP contribution >= 0.6 is 0 Å². The summed E-state index contributed by atoms with van der Waals surface area (Å²) in [5.41, 5.74) is 3.20. The number of aryl methyl sites for hydroxylation is 1. The third-order valence-electron chi connectivity index (χ3n) is 6.12. The third kappa shape index (κ3) is 4.54. The number of hydrogen-bond donors (Lipinski definition) is 0. The second-order valence-corrected chi connectivity index (χ2v) is 8.38. The van der Waals surface area contributed by atoms with E-state index in [1.807, 2.05) is 28.0 Å². The normalized spacial score (nSPS) is 14.3. The van der Waals surface area contributed by atoms with E-state index in [0.29, 0.717) is 31.2 Å². The maximum absolute atomic E-state index is 13.4. The number of hydrogen-bond acceptors (Lipinski definition) is 3. The molecule has 1 fully saturated rings. The fourth-order valence-corrected chi connectivity index (χ4v) is 4.42. The van der Waals surface area contributed by atoms with Gasteiger partial charge < -0.3 is 18.9 Å². The lowest BCUT2D eigenvalue weighted by Crippen LogP contribution is -2.49. The maximum Gasteiger partial charge on any atom is 0.324 e. The Bertz CT molecular complexity index is 1080. The van der Waals surface area contributed by atoms with Crippen LogP contribution < -0.4 is 14.4 Å². The number of anilines is 1. The predicted molar refractivity (Wildman–Crippen MR) is 129 cm³/mol. The van der Waals surface area contributed by atoms with Gasteiger partial charge in [-0.15, -0.1) is 0 Å². The monoisotopic (exact) mass is 435 g/mol. The zero-order valence-electron chi connectivity index (χ0n) is 19.3. The van der Waals surface area contributed by atoms with E-state index in [4.69, 9.17) is 9.47 Å². The number of unbranched alkanes of at least 4 members (excludes halogenated alkanes) is 2. The van der Waals surface area contributed by atoms with Gasteiger partial charge in [-0.05, 0) is 42.0 Å². The topological polar surface area (TPSA) is 46.9 Å². The highest BCUT2D eigenvalue weighted by molar-refractivity contribution is 5.93. The molecule has 1 aliphatic rings. The Hall–Kier alpha value is -3.15. The van der Waals surface area contributed by atoms with E-state index < -0.39 is 0 Å². The van der Waals surface area contributed by atoms with Gasteiger partial charge in [-0.3, -0.25) is 4.90 Å². The van der Waals surface area contributed by atoms with Crippen LogP contribution in [0.15, 0.2) is 48.7 Å². The summed E-state index contributed by atoms with van der Waals surface area (Å²) >= 11 is 0. The van der Waals surface area contributed by atoms with Crippen molar-refractivity contribution in [2.75, 3.05) is 31.7 Å². The number of carbonyl (C=O) groups excluding carboxylic acids is 1. The molecule has 0 radical (unpaired) electrons. The van der Waals surface area contributed by atoms with Crippen LogP contribution in [0.4, 0.5) is 10.5 Å². The van der Waals surface area contributed by atoms with Crippen molar-refractivity contribution in [3.63, 3.8) is 0 Å². The van der Waals surface area contributed by atoms with Crippen molar-refractivity contribution < 1.29 is 14.3 Å². The molecule has 2 heterocycles. The molecule has 3 aromatic rings. The molecule has 0 bridgehead atoms. The van der Waals surface area contributed by atoms with Crippen molar-refractivity contribution in [2.45, 2.75) is 39.2 Å². The lowest BCUT2D eigenvalue weighted by Gasteiger charge is -2.36.